The van der Waals surface area contributed by atoms with Gasteiger partial charge in [0.2, 0.25) is 5.91 Å². The number of nitrogens with zero attached hydrogens (tertiary/aromatic N) is 1. The third-order valence-corrected chi connectivity index (χ3v) is 7.47. The topological polar surface area (TPSA) is 44.4 Å². The zero-order valence-electron chi connectivity index (χ0n) is 16.0. The average Bonchev–Trinajstić information content (AvgIpc) is 3.30. The Kier molecular flexibility index (Phi) is 8.88. The first-order valence-corrected chi connectivity index (χ1v) is 10.9. The molecule has 2 saturated heterocycles. The van der Waals surface area contributed by atoms with E-state index in [0.717, 1.165) is 39.1 Å². The molecule has 3 heterocycles. The van der Waals surface area contributed by atoms with Crippen molar-refractivity contribution in [1.82, 2.24) is 15.5 Å². The van der Waals surface area contributed by atoms with Gasteiger partial charge >= 0.3 is 0 Å². The Morgan fingerprint density at radius 3 is 3.00 bits per heavy atom. The molecule has 0 aromatic carbocycles. The van der Waals surface area contributed by atoms with Gasteiger partial charge in [-0.25, -0.2) is 0 Å². The van der Waals surface area contributed by atoms with Crippen LogP contribution in [0.1, 0.15) is 43.4 Å². The molecule has 4 nitrogen and oxygen atoms in total. The lowest BCUT2D eigenvalue weighted by atomic mass is 9.67. The monoisotopic (exact) mass is 433 g/mol. The molecule has 1 amide bonds. The highest BCUT2D eigenvalue weighted by Crippen LogP contribution is 2.43. The summed E-state index contributed by atoms with van der Waals surface area (Å²) in [5.41, 5.74) is -0.108. The Bertz CT molecular complexity index is 586. The van der Waals surface area contributed by atoms with Crippen molar-refractivity contribution < 1.29 is 4.79 Å². The Morgan fingerprint density at radius 1 is 1.30 bits per heavy atom. The Balaban J connectivity index is 0.00000131. The third-order valence-electron chi connectivity index (χ3n) is 6.60. The maximum absolute atomic E-state index is 13.0. The van der Waals surface area contributed by atoms with Gasteiger partial charge in [-0.15, -0.1) is 36.2 Å². The van der Waals surface area contributed by atoms with E-state index in [9.17, 15) is 4.79 Å². The van der Waals surface area contributed by atoms with Gasteiger partial charge in [0, 0.05) is 31.1 Å². The number of thiophene rings is 1. The third kappa shape index (κ3) is 5.18. The van der Waals surface area contributed by atoms with E-state index in [1.165, 1.54) is 43.5 Å². The zero-order chi connectivity index (χ0) is 17.1. The van der Waals surface area contributed by atoms with Crippen LogP contribution in [0, 0.1) is 17.3 Å². The number of amides is 1. The van der Waals surface area contributed by atoms with Crippen molar-refractivity contribution in [2.24, 2.45) is 17.3 Å². The van der Waals surface area contributed by atoms with Gasteiger partial charge in [-0.2, -0.15) is 0 Å². The maximum atomic E-state index is 13.0. The molecule has 7 heteroatoms. The van der Waals surface area contributed by atoms with E-state index in [4.69, 9.17) is 0 Å². The molecular weight excluding hydrogens is 401 g/mol. The summed E-state index contributed by atoms with van der Waals surface area (Å²) < 4.78 is 0. The van der Waals surface area contributed by atoms with Crippen LogP contribution in [0.5, 0.6) is 0 Å². The SMILES string of the molecule is Cl.Cl.O=C(NCC1CCCN(Cc2cccs2)C1)[C@@]12CCCC[C@H]1CNC2. The van der Waals surface area contributed by atoms with Gasteiger partial charge in [-0.05, 0) is 62.1 Å². The molecule has 1 unspecified atom stereocenters. The number of nitrogens with one attached hydrogen (secondary N) is 2. The van der Waals surface area contributed by atoms with Crippen LogP contribution in [0.3, 0.4) is 0 Å². The molecule has 3 aliphatic rings. The first-order chi connectivity index (χ1) is 12.3. The lowest BCUT2D eigenvalue weighted by molar-refractivity contribution is -0.134. The van der Waals surface area contributed by atoms with Crippen molar-refractivity contribution in [1.29, 1.82) is 0 Å². The molecule has 154 valence electrons. The number of likely N-dealkylation sites (tertiary alicyclic amines) is 1. The summed E-state index contributed by atoms with van der Waals surface area (Å²) in [5, 5.41) is 9.01. The zero-order valence-corrected chi connectivity index (χ0v) is 18.4. The Hall–Kier alpha value is -0.330. The normalized spacial score (nSPS) is 30.7. The molecule has 3 fully saturated rings. The number of hydrogen-bond acceptors (Lipinski definition) is 4. The van der Waals surface area contributed by atoms with Crippen LogP contribution in [-0.2, 0) is 11.3 Å². The van der Waals surface area contributed by atoms with Gasteiger partial charge in [0.05, 0.1) is 5.41 Å². The molecule has 4 rings (SSSR count). The summed E-state index contributed by atoms with van der Waals surface area (Å²) in [6.07, 6.45) is 7.30. The predicted molar refractivity (Wildman–Crippen MR) is 117 cm³/mol. The average molecular weight is 434 g/mol. The molecular formula is C20H33Cl2N3OS. The van der Waals surface area contributed by atoms with E-state index < -0.39 is 0 Å². The number of piperidine rings is 1. The summed E-state index contributed by atoms with van der Waals surface area (Å²) in [7, 11) is 0. The van der Waals surface area contributed by atoms with Gasteiger partial charge in [0.25, 0.3) is 0 Å². The van der Waals surface area contributed by atoms with Crippen molar-refractivity contribution >= 4 is 42.1 Å². The molecule has 1 aromatic rings. The minimum absolute atomic E-state index is 0. The number of fused-ring (bicyclic) bond motifs is 1. The van der Waals surface area contributed by atoms with Crippen LogP contribution in [-0.4, -0.2) is 43.5 Å². The van der Waals surface area contributed by atoms with Crippen LogP contribution in [0.4, 0.5) is 0 Å². The van der Waals surface area contributed by atoms with Crippen molar-refractivity contribution in [3.63, 3.8) is 0 Å². The molecule has 0 spiro atoms. The molecule has 0 bridgehead atoms. The smallest absolute Gasteiger partial charge is 0.227 e. The molecule has 1 aromatic heterocycles. The number of carbonyl (C=O) groups excluding carboxylic acids is 1. The molecule has 1 saturated carbocycles. The standard InChI is InChI=1S/C20H31N3OS.2ClH/c24-19(20-8-2-1-6-17(20)12-21-15-20)22-11-16-5-3-9-23(13-16)14-18-7-4-10-25-18;;/h4,7,10,16-17,21H,1-3,5-6,8-9,11-15H2,(H,22,24);2*1H/t16?,17-,20+;;/m0../s1. The minimum Gasteiger partial charge on any atom is -0.355 e. The van der Waals surface area contributed by atoms with E-state index in [1.54, 1.807) is 0 Å². The lowest BCUT2D eigenvalue weighted by Crippen LogP contribution is -2.50. The molecule has 27 heavy (non-hydrogen) atoms. The molecule has 2 aliphatic heterocycles. The van der Waals surface area contributed by atoms with Crippen molar-refractivity contribution in [2.75, 3.05) is 32.7 Å². The van der Waals surface area contributed by atoms with Gasteiger partial charge < -0.3 is 10.6 Å². The summed E-state index contributed by atoms with van der Waals surface area (Å²) >= 11 is 1.85. The highest BCUT2D eigenvalue weighted by Gasteiger charge is 2.49. The van der Waals surface area contributed by atoms with Crippen molar-refractivity contribution in [2.45, 2.75) is 45.1 Å². The van der Waals surface area contributed by atoms with Crippen LogP contribution < -0.4 is 10.6 Å². The summed E-state index contributed by atoms with van der Waals surface area (Å²) in [6, 6.07) is 4.36. The van der Waals surface area contributed by atoms with E-state index in [-0.39, 0.29) is 30.2 Å². The van der Waals surface area contributed by atoms with Crippen molar-refractivity contribution in [3.05, 3.63) is 22.4 Å². The first kappa shape index (κ1) is 23.0. The number of rotatable bonds is 5. The van der Waals surface area contributed by atoms with Gasteiger partial charge in [-0.1, -0.05) is 18.9 Å². The van der Waals surface area contributed by atoms with E-state index in [1.807, 2.05) is 11.3 Å². The van der Waals surface area contributed by atoms with Crippen LogP contribution >= 0.6 is 36.2 Å². The highest BCUT2D eigenvalue weighted by molar-refractivity contribution is 7.09. The Labute approximate surface area is 179 Å². The van der Waals surface area contributed by atoms with Crippen LogP contribution in [0.15, 0.2) is 17.5 Å². The van der Waals surface area contributed by atoms with Gasteiger partial charge in [0.15, 0.2) is 0 Å². The number of halogens is 2. The van der Waals surface area contributed by atoms with E-state index >= 15 is 0 Å². The van der Waals surface area contributed by atoms with Gasteiger partial charge in [0.1, 0.15) is 0 Å². The quantitative estimate of drug-likeness (QED) is 0.743. The lowest BCUT2D eigenvalue weighted by Gasteiger charge is -2.38. The van der Waals surface area contributed by atoms with Crippen molar-refractivity contribution in [3.8, 4) is 0 Å². The fraction of sp³-hybridized carbons (Fsp3) is 0.750. The Morgan fingerprint density at radius 2 is 2.19 bits per heavy atom. The summed E-state index contributed by atoms with van der Waals surface area (Å²) in [4.78, 5) is 17.0. The maximum Gasteiger partial charge on any atom is 0.227 e. The second-order valence-electron chi connectivity index (χ2n) is 8.26. The molecule has 2 N–H and O–H groups in total. The summed E-state index contributed by atoms with van der Waals surface area (Å²) in [6.45, 7) is 6.15. The van der Waals surface area contributed by atoms with Crippen LogP contribution in [0.2, 0.25) is 0 Å². The number of carbonyl (C=O) groups is 1. The fourth-order valence-electron chi connectivity index (χ4n) is 5.19. The minimum atomic E-state index is -0.108. The molecule has 3 atom stereocenters. The predicted octanol–water partition coefficient (Wildman–Crippen LogP) is 3.70. The molecule has 0 radical (unpaired) electrons. The fourth-order valence-corrected chi connectivity index (χ4v) is 5.93. The van der Waals surface area contributed by atoms with E-state index in [0.29, 0.717) is 17.7 Å². The van der Waals surface area contributed by atoms with Crippen LogP contribution in [0.25, 0.3) is 0 Å². The molecule has 1 aliphatic carbocycles. The second-order valence-corrected chi connectivity index (χ2v) is 9.29. The van der Waals surface area contributed by atoms with Gasteiger partial charge in [-0.3, -0.25) is 9.69 Å². The first-order valence-electron chi connectivity index (χ1n) is 10.00. The largest absolute Gasteiger partial charge is 0.355 e. The highest BCUT2D eigenvalue weighted by atomic mass is 35.5. The summed E-state index contributed by atoms with van der Waals surface area (Å²) in [5.74, 6) is 1.49. The number of hydrogen-bond donors (Lipinski definition) is 2. The van der Waals surface area contributed by atoms with E-state index in [2.05, 4.69) is 33.0 Å². The second kappa shape index (κ2) is 10.4.